The second-order valence-corrected chi connectivity index (χ2v) is 8.83. The molecule has 1 amide bonds. The number of halogens is 1. The van der Waals surface area contributed by atoms with Crippen molar-refractivity contribution in [3.8, 4) is 16.3 Å². The van der Waals surface area contributed by atoms with Crippen LogP contribution in [0.4, 0.5) is 5.69 Å². The van der Waals surface area contributed by atoms with E-state index in [4.69, 9.17) is 16.3 Å². The van der Waals surface area contributed by atoms with Crippen LogP contribution in [0, 0.1) is 0 Å². The number of benzene rings is 3. The van der Waals surface area contributed by atoms with Crippen LogP contribution in [0.2, 0.25) is 5.02 Å². The van der Waals surface area contributed by atoms with Gasteiger partial charge >= 0.3 is 0 Å². The number of amides is 1. The summed E-state index contributed by atoms with van der Waals surface area (Å²) in [6.45, 7) is 4.29. The van der Waals surface area contributed by atoms with Gasteiger partial charge in [0.05, 0.1) is 15.2 Å². The zero-order valence-electron chi connectivity index (χ0n) is 17.4. The molecule has 0 aliphatic rings. The molecule has 0 saturated carbocycles. The van der Waals surface area contributed by atoms with Crippen LogP contribution in [-0.2, 0) is 4.79 Å². The molecule has 1 heterocycles. The lowest BCUT2D eigenvalue weighted by molar-refractivity contribution is -0.118. The van der Waals surface area contributed by atoms with Crippen molar-refractivity contribution in [3.05, 3.63) is 77.3 Å². The summed E-state index contributed by atoms with van der Waals surface area (Å²) in [7, 11) is 0. The lowest BCUT2D eigenvalue weighted by atomic mass is 9.99. The first-order valence-corrected chi connectivity index (χ1v) is 11.4. The minimum absolute atomic E-state index is 0.0695. The fourth-order valence-corrected chi connectivity index (χ4v) is 4.56. The van der Waals surface area contributed by atoms with Crippen LogP contribution in [0.1, 0.15) is 31.7 Å². The average molecular weight is 451 g/mol. The van der Waals surface area contributed by atoms with Crippen LogP contribution in [0.5, 0.6) is 5.75 Å². The summed E-state index contributed by atoms with van der Waals surface area (Å²) >= 11 is 8.08. The van der Waals surface area contributed by atoms with Crippen LogP contribution in [0.15, 0.2) is 66.7 Å². The third-order valence-corrected chi connectivity index (χ3v) is 6.59. The molecule has 158 valence electrons. The van der Waals surface area contributed by atoms with Crippen molar-refractivity contribution in [1.82, 2.24) is 4.98 Å². The minimum Gasteiger partial charge on any atom is -0.484 e. The number of carbonyl (C=O) groups excluding carboxylic acids is 1. The number of carbonyl (C=O) groups is 1. The number of nitrogens with zero attached hydrogens (tertiary/aromatic N) is 1. The van der Waals surface area contributed by atoms with Gasteiger partial charge in [-0.2, -0.15) is 0 Å². The van der Waals surface area contributed by atoms with Crippen molar-refractivity contribution in [1.29, 1.82) is 0 Å². The number of anilines is 1. The quantitative estimate of drug-likeness (QED) is 0.325. The Kier molecular flexibility index (Phi) is 6.54. The van der Waals surface area contributed by atoms with Crippen molar-refractivity contribution in [2.24, 2.45) is 0 Å². The van der Waals surface area contributed by atoms with Gasteiger partial charge in [0, 0.05) is 11.3 Å². The van der Waals surface area contributed by atoms with E-state index in [0.29, 0.717) is 22.4 Å². The highest BCUT2D eigenvalue weighted by atomic mass is 35.5. The van der Waals surface area contributed by atoms with E-state index in [1.165, 1.54) is 5.56 Å². The summed E-state index contributed by atoms with van der Waals surface area (Å²) < 4.78 is 6.72. The number of hydrogen-bond donors (Lipinski definition) is 1. The van der Waals surface area contributed by atoms with E-state index in [2.05, 4.69) is 24.1 Å². The summed E-state index contributed by atoms with van der Waals surface area (Å²) in [5, 5.41) is 4.23. The largest absolute Gasteiger partial charge is 0.484 e. The Morgan fingerprint density at radius 1 is 1.13 bits per heavy atom. The molecule has 1 atom stereocenters. The van der Waals surface area contributed by atoms with E-state index in [9.17, 15) is 4.79 Å². The fraction of sp³-hybridized carbons (Fsp3) is 0.200. The van der Waals surface area contributed by atoms with E-state index < -0.39 is 0 Å². The maximum atomic E-state index is 12.3. The van der Waals surface area contributed by atoms with Crippen LogP contribution in [0.25, 0.3) is 20.8 Å². The Balaban J connectivity index is 1.38. The predicted molar refractivity (Wildman–Crippen MR) is 129 cm³/mol. The summed E-state index contributed by atoms with van der Waals surface area (Å²) in [5.41, 5.74) is 3.68. The number of fused-ring (bicyclic) bond motifs is 1. The van der Waals surface area contributed by atoms with Gasteiger partial charge in [-0.15, -0.1) is 11.3 Å². The first-order chi connectivity index (χ1) is 15.0. The monoisotopic (exact) mass is 450 g/mol. The van der Waals surface area contributed by atoms with Crippen molar-refractivity contribution < 1.29 is 9.53 Å². The Morgan fingerprint density at radius 2 is 1.90 bits per heavy atom. The van der Waals surface area contributed by atoms with Crippen LogP contribution < -0.4 is 10.1 Å². The Bertz CT molecular complexity index is 1170. The molecule has 1 N–H and O–H groups in total. The van der Waals surface area contributed by atoms with E-state index in [1.807, 2.05) is 60.7 Å². The van der Waals surface area contributed by atoms with Crippen molar-refractivity contribution in [2.45, 2.75) is 26.2 Å². The van der Waals surface area contributed by atoms with Crippen LogP contribution >= 0.6 is 22.9 Å². The molecule has 0 aliphatic heterocycles. The lowest BCUT2D eigenvalue weighted by Gasteiger charge is -2.11. The van der Waals surface area contributed by atoms with Gasteiger partial charge in [0.2, 0.25) is 0 Å². The third-order valence-electron chi connectivity index (χ3n) is 5.21. The van der Waals surface area contributed by atoms with Gasteiger partial charge < -0.3 is 10.1 Å². The molecule has 6 heteroatoms. The molecule has 1 aromatic heterocycles. The number of aromatic nitrogens is 1. The molecule has 0 saturated heterocycles. The highest BCUT2D eigenvalue weighted by molar-refractivity contribution is 7.21. The number of hydrogen-bond acceptors (Lipinski definition) is 4. The van der Waals surface area contributed by atoms with Gasteiger partial charge in [-0.3, -0.25) is 4.79 Å². The average Bonchev–Trinajstić information content (AvgIpc) is 3.21. The van der Waals surface area contributed by atoms with Crippen LogP contribution in [0.3, 0.4) is 0 Å². The third kappa shape index (κ3) is 5.06. The molecule has 4 rings (SSSR count). The van der Waals surface area contributed by atoms with Crippen molar-refractivity contribution >= 4 is 44.7 Å². The zero-order chi connectivity index (χ0) is 21.8. The standard InChI is InChI=1S/C25H23ClN2O2S/c1-3-16(2)17-8-11-19(12-9-17)30-15-24(29)27-18-10-13-20(21(26)14-18)25-28-22-6-4-5-7-23(22)31-25/h4-14,16H,3,15H2,1-2H3,(H,27,29)/t16-/m0/s1. The molecule has 3 aromatic carbocycles. The molecule has 31 heavy (non-hydrogen) atoms. The van der Waals surface area contributed by atoms with Gasteiger partial charge in [-0.1, -0.05) is 49.7 Å². The Labute approximate surface area is 190 Å². The topological polar surface area (TPSA) is 51.2 Å². The van der Waals surface area contributed by atoms with Gasteiger partial charge in [-0.25, -0.2) is 4.98 Å². The van der Waals surface area contributed by atoms with E-state index in [-0.39, 0.29) is 12.5 Å². The van der Waals surface area contributed by atoms with Gasteiger partial charge in [0.1, 0.15) is 10.8 Å². The molecule has 0 radical (unpaired) electrons. The molecule has 0 fully saturated rings. The maximum Gasteiger partial charge on any atom is 0.262 e. The molecule has 4 nitrogen and oxygen atoms in total. The summed E-state index contributed by atoms with van der Waals surface area (Å²) in [6.07, 6.45) is 1.09. The lowest BCUT2D eigenvalue weighted by Crippen LogP contribution is -2.20. The number of para-hydroxylation sites is 1. The Morgan fingerprint density at radius 3 is 2.61 bits per heavy atom. The fourth-order valence-electron chi connectivity index (χ4n) is 3.23. The summed E-state index contributed by atoms with van der Waals surface area (Å²) in [4.78, 5) is 16.9. The molecule has 4 aromatic rings. The van der Waals surface area contributed by atoms with Crippen LogP contribution in [-0.4, -0.2) is 17.5 Å². The first-order valence-electron chi connectivity index (χ1n) is 10.2. The van der Waals surface area contributed by atoms with Gasteiger partial charge in [0.15, 0.2) is 6.61 Å². The van der Waals surface area contributed by atoms with E-state index >= 15 is 0 Å². The highest BCUT2D eigenvalue weighted by Gasteiger charge is 2.12. The summed E-state index contributed by atoms with van der Waals surface area (Å²) in [5.74, 6) is 0.939. The molecule has 0 aliphatic carbocycles. The van der Waals surface area contributed by atoms with Gasteiger partial charge in [-0.05, 0) is 60.4 Å². The number of thiazole rings is 1. The highest BCUT2D eigenvalue weighted by Crippen LogP contribution is 2.35. The normalized spacial score (nSPS) is 12.0. The second-order valence-electron chi connectivity index (χ2n) is 7.40. The molecular weight excluding hydrogens is 428 g/mol. The predicted octanol–water partition coefficient (Wildman–Crippen LogP) is 7.15. The molecule has 0 unspecified atom stereocenters. The van der Waals surface area contributed by atoms with Crippen molar-refractivity contribution in [3.63, 3.8) is 0 Å². The second kappa shape index (κ2) is 9.50. The molecule has 0 bridgehead atoms. The number of nitrogens with one attached hydrogen (secondary N) is 1. The van der Waals surface area contributed by atoms with Gasteiger partial charge in [0.25, 0.3) is 5.91 Å². The molecule has 0 spiro atoms. The van der Waals surface area contributed by atoms with E-state index in [0.717, 1.165) is 27.2 Å². The number of rotatable bonds is 7. The summed E-state index contributed by atoms with van der Waals surface area (Å²) in [6, 6.07) is 21.3. The Hall–Kier alpha value is -2.89. The smallest absolute Gasteiger partial charge is 0.262 e. The number of ether oxygens (including phenoxy) is 1. The molecular formula is C25H23ClN2O2S. The SMILES string of the molecule is CC[C@H](C)c1ccc(OCC(=O)Nc2ccc(-c3nc4ccccc4s3)c(Cl)c2)cc1. The first kappa shape index (κ1) is 21.3. The van der Waals surface area contributed by atoms with Crippen molar-refractivity contribution in [2.75, 3.05) is 11.9 Å². The minimum atomic E-state index is -0.241. The zero-order valence-corrected chi connectivity index (χ0v) is 19.0. The van der Waals surface area contributed by atoms with E-state index in [1.54, 1.807) is 17.4 Å². The maximum absolute atomic E-state index is 12.3.